The molecule has 156 valence electrons. The summed E-state index contributed by atoms with van der Waals surface area (Å²) in [6.45, 7) is -0.255. The summed E-state index contributed by atoms with van der Waals surface area (Å²) >= 11 is 5.63. The highest BCUT2D eigenvalue weighted by Crippen LogP contribution is 2.39. The monoisotopic (exact) mass is 433 g/mol. The molecule has 0 aliphatic heterocycles. The lowest BCUT2D eigenvalue weighted by atomic mass is 9.87. The summed E-state index contributed by atoms with van der Waals surface area (Å²) < 4.78 is 0. The van der Waals surface area contributed by atoms with Crippen LogP contribution < -0.4 is 5.32 Å². The van der Waals surface area contributed by atoms with E-state index in [1.54, 1.807) is 6.07 Å². The van der Waals surface area contributed by atoms with Crippen molar-refractivity contribution in [3.8, 4) is 11.3 Å². The van der Waals surface area contributed by atoms with Gasteiger partial charge in [-0.2, -0.15) is 0 Å². The number of carbonyl (C=O) groups excluding carboxylic acids is 1. The second kappa shape index (κ2) is 9.02. The second-order valence-corrected chi connectivity index (χ2v) is 7.47. The molecule has 2 N–H and O–H groups in total. The molecular weight excluding hydrogens is 414 g/mol. The molecule has 0 bridgehead atoms. The number of nitrogens with one attached hydrogen (secondary N) is 2. The Hall–Kier alpha value is -3.64. The van der Waals surface area contributed by atoms with Crippen LogP contribution in [0.3, 0.4) is 0 Å². The number of nitro groups is 1. The third-order valence-electron chi connectivity index (χ3n) is 5.19. The first-order valence-electron chi connectivity index (χ1n) is 9.80. The van der Waals surface area contributed by atoms with Crippen LogP contribution in [0.15, 0.2) is 78.9 Å². The first-order chi connectivity index (χ1) is 15.1. The van der Waals surface area contributed by atoms with E-state index in [-0.39, 0.29) is 23.3 Å². The van der Waals surface area contributed by atoms with Gasteiger partial charge in [0.05, 0.1) is 11.6 Å². The van der Waals surface area contributed by atoms with E-state index in [2.05, 4.69) is 10.3 Å². The minimum Gasteiger partial charge on any atom is -0.354 e. The van der Waals surface area contributed by atoms with Gasteiger partial charge in [-0.05, 0) is 34.9 Å². The molecule has 0 spiro atoms. The van der Waals surface area contributed by atoms with Gasteiger partial charge in [-0.3, -0.25) is 14.9 Å². The highest BCUT2D eigenvalue weighted by molar-refractivity contribution is 6.29. The molecule has 4 aromatic rings. The molecule has 0 aliphatic carbocycles. The van der Waals surface area contributed by atoms with E-state index in [4.69, 9.17) is 11.6 Å². The van der Waals surface area contributed by atoms with Crippen molar-refractivity contribution < 1.29 is 9.72 Å². The van der Waals surface area contributed by atoms with Gasteiger partial charge in [0.2, 0.25) is 12.5 Å². The van der Waals surface area contributed by atoms with Crippen molar-refractivity contribution in [2.45, 2.75) is 5.92 Å². The maximum Gasteiger partial charge on any atom is 0.239 e. The number of anilines is 1. The second-order valence-electron chi connectivity index (χ2n) is 7.20. The summed E-state index contributed by atoms with van der Waals surface area (Å²) in [4.78, 5) is 26.6. The van der Waals surface area contributed by atoms with Crippen molar-refractivity contribution in [3.05, 3.63) is 100 Å². The fourth-order valence-electron chi connectivity index (χ4n) is 3.88. The maximum atomic E-state index is 11.8. The summed E-state index contributed by atoms with van der Waals surface area (Å²) in [6, 6.07) is 24.7. The van der Waals surface area contributed by atoms with Crippen LogP contribution in [-0.2, 0) is 4.79 Å². The number of hydrogen-bond acceptors (Lipinski definition) is 3. The van der Waals surface area contributed by atoms with Gasteiger partial charge in [0.1, 0.15) is 5.88 Å². The predicted octanol–water partition coefficient (Wildman–Crippen LogP) is 5.42. The Morgan fingerprint density at radius 3 is 2.35 bits per heavy atom. The van der Waals surface area contributed by atoms with Crippen LogP contribution in [-0.4, -0.2) is 28.2 Å². The predicted molar refractivity (Wildman–Crippen MR) is 123 cm³/mol. The summed E-state index contributed by atoms with van der Waals surface area (Å²) in [5, 5.41) is 15.2. The SMILES string of the molecule is O=C(CCl)Nc1ccc2[nH]c(-c3ccccc3)c(C(C[N+](=O)[O-])c3ccccc3)c2c1. The van der Waals surface area contributed by atoms with Crippen molar-refractivity contribution >= 4 is 34.1 Å². The molecule has 1 unspecified atom stereocenters. The molecule has 6 nitrogen and oxygen atoms in total. The van der Waals surface area contributed by atoms with Crippen molar-refractivity contribution in [2.24, 2.45) is 0 Å². The number of alkyl halides is 1. The van der Waals surface area contributed by atoms with Crippen molar-refractivity contribution in [2.75, 3.05) is 17.7 Å². The number of nitrogens with zero attached hydrogens (tertiary/aromatic N) is 1. The van der Waals surface area contributed by atoms with Gasteiger partial charge in [-0.25, -0.2) is 0 Å². The summed E-state index contributed by atoms with van der Waals surface area (Å²) in [5.74, 6) is -0.938. The third kappa shape index (κ3) is 4.44. The fourth-order valence-corrected chi connectivity index (χ4v) is 3.94. The minimum absolute atomic E-state index is 0.152. The highest BCUT2D eigenvalue weighted by Gasteiger charge is 2.27. The molecule has 7 heteroatoms. The standard InChI is InChI=1S/C24H20ClN3O3/c25-14-22(29)26-18-11-12-21-19(13-18)23(24(27-21)17-9-5-2-6-10-17)20(15-28(30)31)16-7-3-1-4-8-16/h1-13,20,27H,14-15H2,(H,26,29). The minimum atomic E-state index is -0.473. The van der Waals surface area contributed by atoms with E-state index < -0.39 is 5.92 Å². The van der Waals surface area contributed by atoms with Gasteiger partial charge in [0.15, 0.2) is 0 Å². The normalized spacial score (nSPS) is 11.9. The number of aromatic nitrogens is 1. The molecule has 0 fully saturated rings. The molecule has 0 saturated heterocycles. The smallest absolute Gasteiger partial charge is 0.239 e. The Morgan fingerprint density at radius 2 is 1.71 bits per heavy atom. The molecule has 0 aliphatic rings. The molecule has 4 rings (SSSR count). The molecule has 0 saturated carbocycles. The molecule has 1 heterocycles. The Labute approximate surface area is 184 Å². The zero-order chi connectivity index (χ0) is 21.8. The molecule has 1 amide bonds. The zero-order valence-electron chi connectivity index (χ0n) is 16.5. The number of amides is 1. The maximum absolute atomic E-state index is 11.8. The molecule has 0 radical (unpaired) electrons. The average Bonchev–Trinajstić information content (AvgIpc) is 3.17. The number of hydrogen-bond donors (Lipinski definition) is 2. The molecule has 1 aromatic heterocycles. The third-order valence-corrected chi connectivity index (χ3v) is 5.43. The van der Waals surface area contributed by atoms with E-state index in [0.717, 1.165) is 33.3 Å². The van der Waals surface area contributed by atoms with E-state index >= 15 is 0 Å². The van der Waals surface area contributed by atoms with E-state index in [1.807, 2.05) is 72.8 Å². The Balaban J connectivity index is 1.97. The molecule has 3 aromatic carbocycles. The van der Waals surface area contributed by atoms with Crippen LogP contribution in [0.5, 0.6) is 0 Å². The summed E-state index contributed by atoms with van der Waals surface area (Å²) in [6.07, 6.45) is 0. The quantitative estimate of drug-likeness (QED) is 0.231. The lowest BCUT2D eigenvalue weighted by Crippen LogP contribution is -2.15. The van der Waals surface area contributed by atoms with Crippen LogP contribution >= 0.6 is 11.6 Å². The van der Waals surface area contributed by atoms with Gasteiger partial charge in [-0.15, -0.1) is 11.6 Å². The van der Waals surface area contributed by atoms with Crippen molar-refractivity contribution in [1.82, 2.24) is 4.98 Å². The number of aromatic amines is 1. The highest BCUT2D eigenvalue weighted by atomic mass is 35.5. The Kier molecular flexibility index (Phi) is 6.00. The van der Waals surface area contributed by atoms with Gasteiger partial charge in [0, 0.05) is 21.5 Å². The first-order valence-corrected chi connectivity index (χ1v) is 10.3. The van der Waals surface area contributed by atoms with Gasteiger partial charge < -0.3 is 10.3 Å². The zero-order valence-corrected chi connectivity index (χ0v) is 17.3. The van der Waals surface area contributed by atoms with Crippen LogP contribution in [0.1, 0.15) is 17.0 Å². The number of fused-ring (bicyclic) bond motifs is 1. The Bertz CT molecular complexity index is 1220. The van der Waals surface area contributed by atoms with Gasteiger partial charge >= 0.3 is 0 Å². The number of benzene rings is 3. The molecule has 1 atom stereocenters. The van der Waals surface area contributed by atoms with E-state index in [9.17, 15) is 14.9 Å². The number of rotatable bonds is 7. The van der Waals surface area contributed by atoms with Crippen LogP contribution in [0.25, 0.3) is 22.2 Å². The number of halogens is 1. The topological polar surface area (TPSA) is 88.0 Å². The first kappa shape index (κ1) is 20.6. The number of H-pyrrole nitrogens is 1. The largest absolute Gasteiger partial charge is 0.354 e. The summed E-state index contributed by atoms with van der Waals surface area (Å²) in [5.41, 5.74) is 4.86. The van der Waals surface area contributed by atoms with Crippen LogP contribution in [0, 0.1) is 10.1 Å². The summed E-state index contributed by atoms with van der Waals surface area (Å²) in [7, 11) is 0. The number of carbonyl (C=O) groups is 1. The lowest BCUT2D eigenvalue weighted by Gasteiger charge is -2.16. The van der Waals surface area contributed by atoms with Crippen LogP contribution in [0.2, 0.25) is 0 Å². The molecule has 31 heavy (non-hydrogen) atoms. The molecular formula is C24H20ClN3O3. The van der Waals surface area contributed by atoms with Gasteiger partial charge in [0.25, 0.3) is 0 Å². The van der Waals surface area contributed by atoms with Crippen molar-refractivity contribution in [1.29, 1.82) is 0 Å². The average molecular weight is 434 g/mol. The van der Waals surface area contributed by atoms with Crippen molar-refractivity contribution in [3.63, 3.8) is 0 Å². The van der Waals surface area contributed by atoms with Gasteiger partial charge in [-0.1, -0.05) is 60.7 Å². The van der Waals surface area contributed by atoms with Crippen LogP contribution in [0.4, 0.5) is 5.69 Å². The fraction of sp³-hybridized carbons (Fsp3) is 0.125. The lowest BCUT2D eigenvalue weighted by molar-refractivity contribution is -0.481. The van der Waals surface area contributed by atoms with E-state index in [0.29, 0.717) is 5.69 Å². The Morgan fingerprint density at radius 1 is 1.03 bits per heavy atom. The van der Waals surface area contributed by atoms with E-state index in [1.165, 1.54) is 0 Å².